The van der Waals surface area contributed by atoms with Gasteiger partial charge < -0.3 is 21.0 Å². The number of nitriles is 1. The molecule has 1 aliphatic heterocycles. The van der Waals surface area contributed by atoms with Gasteiger partial charge in [0, 0.05) is 17.1 Å². The maximum atomic E-state index is 11.0. The van der Waals surface area contributed by atoms with E-state index in [1.165, 1.54) is 17.0 Å². The molecule has 0 aliphatic carbocycles. The third-order valence-corrected chi connectivity index (χ3v) is 5.44. The van der Waals surface area contributed by atoms with Gasteiger partial charge in [0.2, 0.25) is 0 Å². The van der Waals surface area contributed by atoms with Crippen molar-refractivity contribution in [2.75, 3.05) is 0 Å². The molecule has 0 spiro atoms. The number of rotatable bonds is 7. The van der Waals surface area contributed by atoms with E-state index >= 15 is 0 Å². The van der Waals surface area contributed by atoms with Crippen LogP contribution in [0.3, 0.4) is 0 Å². The van der Waals surface area contributed by atoms with Crippen molar-refractivity contribution in [1.82, 2.24) is 14.6 Å². The first-order chi connectivity index (χ1) is 13.2. The first kappa shape index (κ1) is 23.2. The van der Waals surface area contributed by atoms with Gasteiger partial charge in [-0.15, -0.1) is 0 Å². The highest BCUT2D eigenvalue weighted by molar-refractivity contribution is 5.08. The summed E-state index contributed by atoms with van der Waals surface area (Å²) in [5, 5.41) is 33.0. The average Bonchev–Trinajstić information content (AvgIpc) is 3.05. The predicted octanol–water partition coefficient (Wildman–Crippen LogP) is 1.98. The molecule has 2 heterocycles. The molecule has 0 aromatic carbocycles. The molecule has 0 bridgehead atoms. The number of aromatic nitrogens is 2. The summed E-state index contributed by atoms with van der Waals surface area (Å²) >= 11 is 0. The van der Waals surface area contributed by atoms with Crippen molar-refractivity contribution in [1.29, 1.82) is 5.26 Å². The lowest BCUT2D eigenvalue weighted by atomic mass is 9.71. The van der Waals surface area contributed by atoms with Crippen molar-refractivity contribution in [2.24, 2.45) is 11.7 Å². The second kappa shape index (κ2) is 7.99. The number of hydrogen-bond acceptors (Lipinski definition) is 8. The molecule has 3 N–H and O–H groups in total. The molecular weight excluding hydrogens is 376 g/mol. The standard InChI is InChI=1S/C19H32N6O4/c1-17(2)9-13(10-18(3,4)25(17)29-19(5,6)12-20)15(21)14(26)11-23-8-7-22-16(23)24(27)28/h7-8,13-15,26H,9-11,21H2,1-6H3. The highest BCUT2D eigenvalue weighted by atomic mass is 16.7. The molecule has 10 heteroatoms. The minimum atomic E-state index is -0.970. The van der Waals surface area contributed by atoms with Crippen molar-refractivity contribution in [3.8, 4) is 6.07 Å². The minimum Gasteiger partial charge on any atom is -0.390 e. The molecule has 29 heavy (non-hydrogen) atoms. The van der Waals surface area contributed by atoms with Crippen LogP contribution in [0, 0.1) is 27.4 Å². The number of hydrogen-bond donors (Lipinski definition) is 2. The summed E-state index contributed by atoms with van der Waals surface area (Å²) in [7, 11) is 0. The Morgan fingerprint density at radius 3 is 2.48 bits per heavy atom. The molecule has 1 fully saturated rings. The molecule has 2 rings (SSSR count). The predicted molar refractivity (Wildman–Crippen MR) is 106 cm³/mol. The zero-order valence-corrected chi connectivity index (χ0v) is 18.0. The number of hydroxylamine groups is 2. The third kappa shape index (κ3) is 5.11. The average molecular weight is 409 g/mol. The van der Waals surface area contributed by atoms with E-state index in [2.05, 4.69) is 11.1 Å². The highest BCUT2D eigenvalue weighted by Crippen LogP contribution is 2.44. The van der Waals surface area contributed by atoms with Gasteiger partial charge in [-0.2, -0.15) is 10.3 Å². The Kier molecular flexibility index (Phi) is 6.40. The van der Waals surface area contributed by atoms with Crippen LogP contribution in [0.5, 0.6) is 0 Å². The largest absolute Gasteiger partial charge is 0.434 e. The van der Waals surface area contributed by atoms with Crippen molar-refractivity contribution in [2.45, 2.75) is 89.8 Å². The molecular formula is C19H32N6O4. The first-order valence-electron chi connectivity index (χ1n) is 9.70. The topological polar surface area (TPSA) is 143 Å². The minimum absolute atomic E-state index is 0.00346. The van der Waals surface area contributed by atoms with Gasteiger partial charge in [-0.3, -0.25) is 4.84 Å². The maximum absolute atomic E-state index is 11.0. The lowest BCUT2D eigenvalue weighted by molar-refractivity contribution is -0.397. The number of imidazole rings is 1. The Morgan fingerprint density at radius 2 is 2.00 bits per heavy atom. The lowest BCUT2D eigenvalue weighted by Gasteiger charge is -2.56. The Bertz CT molecular complexity index is 764. The quantitative estimate of drug-likeness (QED) is 0.515. The summed E-state index contributed by atoms with van der Waals surface area (Å²) in [6.07, 6.45) is 3.10. The molecule has 0 saturated carbocycles. The van der Waals surface area contributed by atoms with E-state index in [4.69, 9.17) is 10.6 Å². The molecule has 1 aromatic rings. The van der Waals surface area contributed by atoms with E-state index in [1.807, 2.05) is 32.8 Å². The number of aliphatic hydroxyl groups excluding tert-OH is 1. The van der Waals surface area contributed by atoms with Crippen LogP contribution in [-0.2, 0) is 11.4 Å². The zero-order chi connectivity index (χ0) is 22.2. The number of nitro groups is 1. The van der Waals surface area contributed by atoms with Crippen LogP contribution in [0.2, 0.25) is 0 Å². The van der Waals surface area contributed by atoms with E-state index in [9.17, 15) is 20.5 Å². The monoisotopic (exact) mass is 408 g/mol. The summed E-state index contributed by atoms with van der Waals surface area (Å²) in [5.74, 6) is -0.360. The lowest BCUT2D eigenvalue weighted by Crippen LogP contribution is -2.64. The molecule has 1 aromatic heterocycles. The van der Waals surface area contributed by atoms with Crippen molar-refractivity contribution in [3.05, 3.63) is 22.5 Å². The second-order valence-electron chi connectivity index (χ2n) is 9.58. The summed E-state index contributed by atoms with van der Waals surface area (Å²) in [4.78, 5) is 20.2. The van der Waals surface area contributed by atoms with E-state index in [0.29, 0.717) is 12.8 Å². The smallest absolute Gasteiger partial charge is 0.390 e. The van der Waals surface area contributed by atoms with Gasteiger partial charge in [-0.05, 0) is 65.2 Å². The van der Waals surface area contributed by atoms with Gasteiger partial charge in [0.05, 0.1) is 12.6 Å². The number of aliphatic hydroxyl groups is 1. The maximum Gasteiger partial charge on any atom is 0.434 e. The summed E-state index contributed by atoms with van der Waals surface area (Å²) in [6, 6.07) is 1.58. The van der Waals surface area contributed by atoms with Gasteiger partial charge in [0.25, 0.3) is 0 Å². The Labute approximate surface area is 171 Å². The van der Waals surface area contributed by atoms with Gasteiger partial charge in [-0.1, -0.05) is 4.98 Å². The van der Waals surface area contributed by atoms with Crippen LogP contribution >= 0.6 is 0 Å². The number of nitrogens with two attached hydrogens (primary N) is 1. The molecule has 1 aliphatic rings. The Hall–Kier alpha value is -2.06. The van der Waals surface area contributed by atoms with Crippen LogP contribution in [0.25, 0.3) is 0 Å². The first-order valence-corrected chi connectivity index (χ1v) is 9.70. The van der Waals surface area contributed by atoms with E-state index in [1.54, 1.807) is 13.8 Å². The summed E-state index contributed by atoms with van der Waals surface area (Å²) in [6.45, 7) is 11.5. The fourth-order valence-corrected chi connectivity index (χ4v) is 4.36. The van der Waals surface area contributed by atoms with E-state index < -0.39 is 33.7 Å². The van der Waals surface area contributed by atoms with Crippen LogP contribution in [0.15, 0.2) is 12.4 Å². The molecule has 10 nitrogen and oxygen atoms in total. The fraction of sp³-hybridized carbons (Fsp3) is 0.789. The SMILES string of the molecule is CC(C)(C#N)ON1C(C)(C)CC(C(N)C(O)Cn2ccnc2[N+](=O)[O-])CC1(C)C. The van der Waals surface area contributed by atoms with Crippen LogP contribution < -0.4 is 5.73 Å². The molecule has 162 valence electrons. The molecule has 1 saturated heterocycles. The molecule has 0 amide bonds. The zero-order valence-electron chi connectivity index (χ0n) is 18.0. The normalized spacial score (nSPS) is 22.0. The Morgan fingerprint density at radius 1 is 1.45 bits per heavy atom. The van der Waals surface area contributed by atoms with Gasteiger partial charge in [0.15, 0.2) is 5.60 Å². The van der Waals surface area contributed by atoms with Crippen LogP contribution in [0.1, 0.15) is 54.4 Å². The van der Waals surface area contributed by atoms with Crippen LogP contribution in [-0.4, -0.2) is 53.5 Å². The van der Waals surface area contributed by atoms with E-state index in [-0.39, 0.29) is 18.4 Å². The second-order valence-corrected chi connectivity index (χ2v) is 9.58. The molecule has 2 unspecified atom stereocenters. The fourth-order valence-electron chi connectivity index (χ4n) is 4.36. The number of nitrogens with zero attached hydrogens (tertiary/aromatic N) is 5. The van der Waals surface area contributed by atoms with Gasteiger partial charge >= 0.3 is 5.95 Å². The number of piperidine rings is 1. The van der Waals surface area contributed by atoms with Crippen molar-refractivity contribution in [3.63, 3.8) is 0 Å². The summed E-state index contributed by atoms with van der Waals surface area (Å²) in [5.41, 5.74) is 4.58. The Balaban J connectivity index is 2.16. The summed E-state index contributed by atoms with van der Waals surface area (Å²) < 4.78 is 1.30. The van der Waals surface area contributed by atoms with E-state index in [0.717, 1.165) is 0 Å². The highest BCUT2D eigenvalue weighted by Gasteiger charge is 2.50. The molecule has 2 atom stereocenters. The molecule has 0 radical (unpaired) electrons. The van der Waals surface area contributed by atoms with Crippen molar-refractivity contribution < 1.29 is 14.9 Å². The van der Waals surface area contributed by atoms with Crippen molar-refractivity contribution >= 4 is 5.95 Å². The van der Waals surface area contributed by atoms with Gasteiger partial charge in [0.1, 0.15) is 18.5 Å². The van der Waals surface area contributed by atoms with Gasteiger partial charge in [-0.25, -0.2) is 4.57 Å². The third-order valence-electron chi connectivity index (χ3n) is 5.44. The van der Waals surface area contributed by atoms with Crippen LogP contribution in [0.4, 0.5) is 5.95 Å².